The molecule has 0 aromatic heterocycles. The summed E-state index contributed by atoms with van der Waals surface area (Å²) >= 11 is 0. The summed E-state index contributed by atoms with van der Waals surface area (Å²) in [6.07, 6.45) is -4.00. The molecule has 0 saturated carbocycles. The van der Waals surface area contributed by atoms with Crippen molar-refractivity contribution >= 4 is 11.9 Å². The van der Waals surface area contributed by atoms with E-state index in [0.29, 0.717) is 39.3 Å². The van der Waals surface area contributed by atoms with Gasteiger partial charge < -0.3 is 30.5 Å². The highest BCUT2D eigenvalue weighted by Gasteiger charge is 2.37. The molecular weight excluding hydrogens is 320 g/mol. The molecule has 4 atom stereocenters. The predicted molar refractivity (Wildman–Crippen MR) is 82.3 cm³/mol. The van der Waals surface area contributed by atoms with Gasteiger partial charge in [0.2, 0.25) is 0 Å². The molecule has 0 aromatic carbocycles. The summed E-state index contributed by atoms with van der Waals surface area (Å²) in [4.78, 5) is 34.0. The van der Waals surface area contributed by atoms with E-state index in [1.165, 1.54) is 10.1 Å². The van der Waals surface area contributed by atoms with E-state index >= 15 is 0 Å². The van der Waals surface area contributed by atoms with Crippen LogP contribution in [-0.2, 0) is 19.3 Å². The third-order valence-corrected chi connectivity index (χ3v) is 4.08. The van der Waals surface area contributed by atoms with E-state index in [-0.39, 0.29) is 12.1 Å². The maximum Gasteiger partial charge on any atom is 0.357 e. The number of nitrogens with one attached hydrogen (secondary N) is 2. The number of hydrogen-bond donors (Lipinski definition) is 4. The molecule has 4 N–H and O–H groups in total. The first-order valence-corrected chi connectivity index (χ1v) is 8.14. The summed E-state index contributed by atoms with van der Waals surface area (Å²) in [5.41, 5.74) is 0. The number of hydroxylamine groups is 4. The van der Waals surface area contributed by atoms with Crippen molar-refractivity contribution < 1.29 is 29.5 Å². The number of aliphatic hydroxyl groups is 2. The second-order valence-corrected chi connectivity index (χ2v) is 6.10. The van der Waals surface area contributed by atoms with E-state index in [0.717, 1.165) is 0 Å². The zero-order valence-electron chi connectivity index (χ0n) is 14.0. The van der Waals surface area contributed by atoms with Crippen LogP contribution >= 0.6 is 0 Å². The van der Waals surface area contributed by atoms with Crippen LogP contribution in [0.1, 0.15) is 13.8 Å². The molecule has 0 bridgehead atoms. The standard InChI is InChI=1S/C14H26N4O6/c1-9-7-15-3-5-17(9)23-13(21)11(19)12(20)14(22)24-18-6-4-16-8-10(18)2/h9-12,15-16,19-20H,3-8H2,1-2H3. The van der Waals surface area contributed by atoms with Crippen molar-refractivity contribution in [2.75, 3.05) is 39.3 Å². The molecule has 10 nitrogen and oxygen atoms in total. The van der Waals surface area contributed by atoms with Crippen LogP contribution in [0.4, 0.5) is 0 Å². The lowest BCUT2D eigenvalue weighted by molar-refractivity contribution is -0.229. The Morgan fingerprint density at radius 3 is 1.62 bits per heavy atom. The molecular formula is C14H26N4O6. The van der Waals surface area contributed by atoms with Crippen LogP contribution in [0.15, 0.2) is 0 Å². The quantitative estimate of drug-likeness (QED) is 0.415. The van der Waals surface area contributed by atoms with Crippen LogP contribution in [0.2, 0.25) is 0 Å². The van der Waals surface area contributed by atoms with Gasteiger partial charge in [-0.1, -0.05) is 0 Å². The lowest BCUT2D eigenvalue weighted by Gasteiger charge is -2.33. The molecule has 2 aliphatic heterocycles. The predicted octanol–water partition coefficient (Wildman–Crippen LogP) is -2.79. The minimum atomic E-state index is -2.00. The van der Waals surface area contributed by atoms with Gasteiger partial charge in [-0.15, -0.1) is 10.1 Å². The van der Waals surface area contributed by atoms with Crippen molar-refractivity contribution in [3.05, 3.63) is 0 Å². The monoisotopic (exact) mass is 346 g/mol. The molecule has 24 heavy (non-hydrogen) atoms. The SMILES string of the molecule is CC1CNCCN1OC(=O)C(O)C(O)C(=O)ON1CCNCC1C. The Kier molecular flexibility index (Phi) is 6.90. The maximum absolute atomic E-state index is 11.9. The van der Waals surface area contributed by atoms with Gasteiger partial charge in [0.1, 0.15) is 0 Å². The van der Waals surface area contributed by atoms with Gasteiger partial charge in [0.25, 0.3) is 0 Å². The second-order valence-electron chi connectivity index (χ2n) is 6.10. The van der Waals surface area contributed by atoms with E-state index in [1.54, 1.807) is 0 Å². The Morgan fingerprint density at radius 2 is 1.29 bits per heavy atom. The average molecular weight is 346 g/mol. The van der Waals surface area contributed by atoms with E-state index in [4.69, 9.17) is 9.68 Å². The molecule has 2 saturated heterocycles. The van der Waals surface area contributed by atoms with E-state index in [9.17, 15) is 19.8 Å². The van der Waals surface area contributed by atoms with Gasteiger partial charge in [-0.25, -0.2) is 9.59 Å². The van der Waals surface area contributed by atoms with Gasteiger partial charge >= 0.3 is 11.9 Å². The first-order chi connectivity index (χ1) is 11.4. The molecule has 0 amide bonds. The van der Waals surface area contributed by atoms with Gasteiger partial charge in [0.05, 0.1) is 12.1 Å². The summed E-state index contributed by atoms with van der Waals surface area (Å²) in [5, 5.41) is 28.8. The van der Waals surface area contributed by atoms with Crippen LogP contribution in [0.3, 0.4) is 0 Å². The average Bonchev–Trinajstić information content (AvgIpc) is 2.57. The highest BCUT2D eigenvalue weighted by Crippen LogP contribution is 2.09. The number of rotatable bonds is 5. The van der Waals surface area contributed by atoms with Crippen molar-refractivity contribution in [2.24, 2.45) is 0 Å². The Bertz CT molecular complexity index is 411. The first-order valence-electron chi connectivity index (χ1n) is 8.14. The van der Waals surface area contributed by atoms with Crippen LogP contribution in [0, 0.1) is 0 Å². The van der Waals surface area contributed by atoms with Crippen LogP contribution in [0.25, 0.3) is 0 Å². The Labute approximate surface area is 140 Å². The Hall–Kier alpha value is -1.30. The lowest BCUT2D eigenvalue weighted by atomic mass is 10.2. The van der Waals surface area contributed by atoms with Gasteiger partial charge in [0, 0.05) is 39.3 Å². The molecule has 138 valence electrons. The molecule has 2 fully saturated rings. The smallest absolute Gasteiger partial charge is 0.357 e. The van der Waals surface area contributed by atoms with E-state index in [2.05, 4.69) is 10.6 Å². The zero-order valence-corrected chi connectivity index (χ0v) is 14.0. The number of carbonyl (C=O) groups is 2. The highest BCUT2D eigenvalue weighted by atomic mass is 16.7. The first kappa shape index (κ1) is 19.0. The number of hydrogen-bond acceptors (Lipinski definition) is 10. The third-order valence-electron chi connectivity index (χ3n) is 4.08. The molecule has 0 radical (unpaired) electrons. The fourth-order valence-electron chi connectivity index (χ4n) is 2.51. The molecule has 0 spiro atoms. The highest BCUT2D eigenvalue weighted by molar-refractivity contribution is 5.85. The van der Waals surface area contributed by atoms with Crippen LogP contribution in [-0.4, -0.2) is 95.8 Å². The molecule has 2 rings (SSSR count). The maximum atomic E-state index is 11.9. The fraction of sp³-hybridized carbons (Fsp3) is 0.857. The van der Waals surface area contributed by atoms with Crippen molar-refractivity contribution in [1.82, 2.24) is 20.8 Å². The lowest BCUT2D eigenvalue weighted by Crippen LogP contribution is -2.54. The summed E-state index contributed by atoms with van der Waals surface area (Å²) in [5.74, 6) is -2.16. The van der Waals surface area contributed by atoms with Crippen molar-refractivity contribution in [2.45, 2.75) is 38.1 Å². The van der Waals surface area contributed by atoms with Gasteiger partial charge in [0.15, 0.2) is 12.2 Å². The summed E-state index contributed by atoms with van der Waals surface area (Å²) in [6.45, 7) is 7.16. The van der Waals surface area contributed by atoms with Crippen LogP contribution in [0.5, 0.6) is 0 Å². The van der Waals surface area contributed by atoms with Crippen molar-refractivity contribution in [3.8, 4) is 0 Å². The van der Waals surface area contributed by atoms with E-state index in [1.807, 2.05) is 13.8 Å². The molecule has 10 heteroatoms. The number of piperazine rings is 2. The fourth-order valence-corrected chi connectivity index (χ4v) is 2.51. The molecule has 2 heterocycles. The largest absolute Gasteiger partial charge is 0.379 e. The number of carbonyl (C=O) groups excluding carboxylic acids is 2. The Balaban J connectivity index is 1.84. The minimum Gasteiger partial charge on any atom is -0.379 e. The summed E-state index contributed by atoms with van der Waals surface area (Å²) in [7, 11) is 0. The van der Waals surface area contributed by atoms with E-state index < -0.39 is 24.1 Å². The third kappa shape index (κ3) is 4.85. The molecule has 0 aromatic rings. The molecule has 2 aliphatic rings. The summed E-state index contributed by atoms with van der Waals surface area (Å²) in [6, 6.07) is -0.138. The normalized spacial score (nSPS) is 28.8. The second kappa shape index (κ2) is 8.70. The van der Waals surface area contributed by atoms with Gasteiger partial charge in [-0.2, -0.15) is 0 Å². The molecule has 0 aliphatic carbocycles. The number of nitrogens with zero attached hydrogens (tertiary/aromatic N) is 2. The summed E-state index contributed by atoms with van der Waals surface area (Å²) < 4.78 is 0. The number of aliphatic hydroxyl groups excluding tert-OH is 2. The Morgan fingerprint density at radius 1 is 0.917 bits per heavy atom. The van der Waals surface area contributed by atoms with Crippen molar-refractivity contribution in [3.63, 3.8) is 0 Å². The van der Waals surface area contributed by atoms with Crippen molar-refractivity contribution in [1.29, 1.82) is 0 Å². The van der Waals surface area contributed by atoms with Gasteiger partial charge in [-0.05, 0) is 13.8 Å². The topological polar surface area (TPSA) is 124 Å². The minimum absolute atomic E-state index is 0.0688. The molecule has 4 unspecified atom stereocenters. The van der Waals surface area contributed by atoms with Crippen LogP contribution < -0.4 is 10.6 Å². The van der Waals surface area contributed by atoms with Gasteiger partial charge in [-0.3, -0.25) is 0 Å². The zero-order chi connectivity index (χ0) is 17.7.